The van der Waals surface area contributed by atoms with E-state index in [0.29, 0.717) is 11.4 Å². The van der Waals surface area contributed by atoms with Gasteiger partial charge < -0.3 is 4.90 Å². The number of rotatable bonds is 3. The van der Waals surface area contributed by atoms with E-state index in [0.717, 1.165) is 30.9 Å². The first kappa shape index (κ1) is 13.6. The van der Waals surface area contributed by atoms with Crippen molar-refractivity contribution >= 4 is 17.1 Å². The Morgan fingerprint density at radius 3 is 1.67 bits per heavy atom. The van der Waals surface area contributed by atoms with Crippen LogP contribution in [-0.2, 0) is 6.18 Å². The third-order valence-electron chi connectivity index (χ3n) is 3.14. The first-order valence-electron chi connectivity index (χ1n) is 6.46. The second kappa shape index (κ2) is 5.20. The zero-order valence-corrected chi connectivity index (χ0v) is 11.0. The van der Waals surface area contributed by atoms with Gasteiger partial charge in [-0.25, -0.2) is 0 Å². The average Bonchev–Trinajstić information content (AvgIpc) is 3.30. The number of alkyl halides is 3. The number of benzene rings is 2. The zero-order chi connectivity index (χ0) is 14.9. The van der Waals surface area contributed by atoms with Crippen LogP contribution in [0.5, 0.6) is 0 Å². The summed E-state index contributed by atoms with van der Waals surface area (Å²) in [5, 5.41) is 7.95. The Bertz CT molecular complexity index is 641. The van der Waals surface area contributed by atoms with E-state index < -0.39 is 11.7 Å². The van der Waals surface area contributed by atoms with Gasteiger partial charge in [0.05, 0.1) is 16.9 Å². The molecule has 3 rings (SSSR count). The highest BCUT2D eigenvalue weighted by Crippen LogP contribution is 2.31. The van der Waals surface area contributed by atoms with Gasteiger partial charge in [0.1, 0.15) is 0 Å². The quantitative estimate of drug-likeness (QED) is 0.581. The van der Waals surface area contributed by atoms with Crippen LogP contribution < -0.4 is 4.90 Å². The first-order valence-corrected chi connectivity index (χ1v) is 6.46. The third kappa shape index (κ3) is 3.39. The van der Waals surface area contributed by atoms with E-state index in [1.54, 1.807) is 0 Å². The maximum absolute atomic E-state index is 12.4. The summed E-state index contributed by atoms with van der Waals surface area (Å²) in [6, 6.07) is 12.2. The maximum atomic E-state index is 12.4. The van der Waals surface area contributed by atoms with Crippen LogP contribution in [-0.4, -0.2) is 13.1 Å². The molecule has 0 spiro atoms. The molecule has 0 amide bonds. The molecular formula is C15H12F3N3. The highest BCUT2D eigenvalue weighted by Gasteiger charge is 2.29. The van der Waals surface area contributed by atoms with Crippen LogP contribution in [0, 0.1) is 0 Å². The predicted octanol–water partition coefficient (Wildman–Crippen LogP) is 4.94. The lowest BCUT2D eigenvalue weighted by molar-refractivity contribution is -0.137. The number of azo groups is 1. The minimum atomic E-state index is -4.33. The lowest BCUT2D eigenvalue weighted by atomic mass is 10.2. The van der Waals surface area contributed by atoms with E-state index in [-0.39, 0.29) is 0 Å². The highest BCUT2D eigenvalue weighted by atomic mass is 19.4. The Kier molecular flexibility index (Phi) is 3.37. The third-order valence-corrected chi connectivity index (χ3v) is 3.14. The topological polar surface area (TPSA) is 27.7 Å². The smallest absolute Gasteiger partial charge is 0.368 e. The summed E-state index contributed by atoms with van der Waals surface area (Å²) in [4.78, 5) is 2.21. The van der Waals surface area contributed by atoms with Gasteiger partial charge in [0.2, 0.25) is 0 Å². The molecule has 0 radical (unpaired) electrons. The summed E-state index contributed by atoms with van der Waals surface area (Å²) in [5.41, 5.74) is 1.51. The molecular weight excluding hydrogens is 279 g/mol. The Morgan fingerprint density at radius 2 is 1.24 bits per heavy atom. The van der Waals surface area contributed by atoms with Crippen molar-refractivity contribution in [2.24, 2.45) is 10.2 Å². The Morgan fingerprint density at radius 1 is 0.762 bits per heavy atom. The van der Waals surface area contributed by atoms with Gasteiger partial charge in [-0.1, -0.05) is 0 Å². The van der Waals surface area contributed by atoms with Crippen molar-refractivity contribution < 1.29 is 13.2 Å². The second-order valence-corrected chi connectivity index (χ2v) is 4.75. The van der Waals surface area contributed by atoms with Crippen molar-refractivity contribution in [3.63, 3.8) is 0 Å². The monoisotopic (exact) mass is 291 g/mol. The molecule has 1 fully saturated rings. The molecule has 1 heterocycles. The standard InChI is InChI=1S/C15H12F3N3/c16-15(17,18)11-1-3-12(4-2-11)19-20-13-5-7-14(8-6-13)21-9-10-21/h1-8H,9-10H2. The molecule has 0 aromatic heterocycles. The molecule has 21 heavy (non-hydrogen) atoms. The van der Waals surface area contributed by atoms with Crippen LogP contribution in [0.15, 0.2) is 58.8 Å². The second-order valence-electron chi connectivity index (χ2n) is 4.75. The summed E-state index contributed by atoms with van der Waals surface area (Å²) in [6.45, 7) is 2.15. The van der Waals surface area contributed by atoms with Gasteiger partial charge in [-0.2, -0.15) is 23.4 Å². The fraction of sp³-hybridized carbons (Fsp3) is 0.200. The van der Waals surface area contributed by atoms with Crippen molar-refractivity contribution in [3.05, 3.63) is 54.1 Å². The van der Waals surface area contributed by atoms with E-state index in [9.17, 15) is 13.2 Å². The molecule has 0 aliphatic carbocycles. The van der Waals surface area contributed by atoms with Crippen molar-refractivity contribution in [2.45, 2.75) is 6.18 Å². The van der Waals surface area contributed by atoms with Crippen LogP contribution in [0.25, 0.3) is 0 Å². The number of anilines is 1. The summed E-state index contributed by atoms with van der Waals surface area (Å²) >= 11 is 0. The Hall–Kier alpha value is -2.37. The van der Waals surface area contributed by atoms with Crippen LogP contribution in [0.3, 0.4) is 0 Å². The molecule has 2 aromatic rings. The predicted molar refractivity (Wildman–Crippen MR) is 74.3 cm³/mol. The lowest BCUT2D eigenvalue weighted by Crippen LogP contribution is -2.03. The van der Waals surface area contributed by atoms with E-state index in [2.05, 4.69) is 15.1 Å². The van der Waals surface area contributed by atoms with Gasteiger partial charge in [0.25, 0.3) is 0 Å². The molecule has 1 aliphatic heterocycles. The maximum Gasteiger partial charge on any atom is 0.416 e. The number of halogens is 3. The summed E-state index contributed by atoms with van der Waals surface area (Å²) in [7, 11) is 0. The first-order chi connectivity index (χ1) is 10.0. The molecule has 0 unspecified atom stereocenters. The fourth-order valence-electron chi connectivity index (χ4n) is 1.87. The number of hydrogen-bond acceptors (Lipinski definition) is 3. The molecule has 0 N–H and O–H groups in total. The Balaban J connectivity index is 1.70. The van der Waals surface area contributed by atoms with Crippen molar-refractivity contribution in [1.82, 2.24) is 0 Å². The van der Waals surface area contributed by atoms with Gasteiger partial charge in [-0.05, 0) is 48.5 Å². The minimum Gasteiger partial charge on any atom is -0.368 e. The van der Waals surface area contributed by atoms with Crippen LogP contribution >= 0.6 is 0 Å². The number of hydrogen-bond donors (Lipinski definition) is 0. The molecule has 0 bridgehead atoms. The minimum absolute atomic E-state index is 0.387. The molecule has 2 aromatic carbocycles. The van der Waals surface area contributed by atoms with Crippen LogP contribution in [0.2, 0.25) is 0 Å². The van der Waals surface area contributed by atoms with E-state index in [1.165, 1.54) is 12.1 Å². The van der Waals surface area contributed by atoms with Crippen LogP contribution in [0.4, 0.5) is 30.2 Å². The van der Waals surface area contributed by atoms with E-state index >= 15 is 0 Å². The normalized spacial score (nSPS) is 14.7. The summed E-state index contributed by atoms with van der Waals surface area (Å²) in [6.07, 6.45) is -4.33. The molecule has 0 atom stereocenters. The van der Waals surface area contributed by atoms with Gasteiger partial charge in [0.15, 0.2) is 0 Å². The van der Waals surface area contributed by atoms with Crippen molar-refractivity contribution in [3.8, 4) is 0 Å². The molecule has 0 saturated carbocycles. The molecule has 1 saturated heterocycles. The Labute approximate surface area is 119 Å². The zero-order valence-electron chi connectivity index (χ0n) is 11.0. The SMILES string of the molecule is FC(F)(F)c1ccc(N=Nc2ccc(N3CC3)cc2)cc1. The summed E-state index contributed by atoms with van der Waals surface area (Å²) in [5.74, 6) is 0. The van der Waals surface area contributed by atoms with E-state index in [4.69, 9.17) is 0 Å². The molecule has 6 heteroatoms. The van der Waals surface area contributed by atoms with Gasteiger partial charge in [-0.15, -0.1) is 0 Å². The van der Waals surface area contributed by atoms with Crippen molar-refractivity contribution in [2.75, 3.05) is 18.0 Å². The van der Waals surface area contributed by atoms with E-state index in [1.807, 2.05) is 24.3 Å². The molecule has 1 aliphatic rings. The molecule has 108 valence electrons. The van der Waals surface area contributed by atoms with Gasteiger partial charge in [0, 0.05) is 18.8 Å². The largest absolute Gasteiger partial charge is 0.416 e. The number of nitrogens with zero attached hydrogens (tertiary/aromatic N) is 3. The van der Waals surface area contributed by atoms with Gasteiger partial charge >= 0.3 is 6.18 Å². The van der Waals surface area contributed by atoms with Crippen LogP contribution in [0.1, 0.15) is 5.56 Å². The molecule has 3 nitrogen and oxygen atoms in total. The fourth-order valence-corrected chi connectivity index (χ4v) is 1.87. The summed E-state index contributed by atoms with van der Waals surface area (Å²) < 4.78 is 37.3. The van der Waals surface area contributed by atoms with Crippen molar-refractivity contribution in [1.29, 1.82) is 0 Å². The average molecular weight is 291 g/mol. The highest BCUT2D eigenvalue weighted by molar-refractivity contribution is 5.56. The lowest BCUT2D eigenvalue weighted by Gasteiger charge is -2.05. The van der Waals surface area contributed by atoms with Gasteiger partial charge in [-0.3, -0.25) is 0 Å².